The predicted molar refractivity (Wildman–Crippen MR) is 85.1 cm³/mol. The molecule has 0 saturated heterocycles. The molecule has 1 N–H and O–H groups in total. The highest BCUT2D eigenvalue weighted by atomic mass is 35.5. The number of aromatic nitrogens is 1. The largest absolute Gasteiger partial charge is 0.493 e. The molecule has 1 aromatic carbocycles. The average molecular weight is 303 g/mol. The summed E-state index contributed by atoms with van der Waals surface area (Å²) in [6.45, 7) is 2.83. The fraction of sp³-hybridized carbons (Fsp3) is 0.353. The van der Waals surface area contributed by atoms with Gasteiger partial charge in [-0.05, 0) is 61.3 Å². The molecule has 110 valence electrons. The Morgan fingerprint density at radius 1 is 1.38 bits per heavy atom. The van der Waals surface area contributed by atoms with E-state index in [2.05, 4.69) is 23.3 Å². The summed E-state index contributed by atoms with van der Waals surface area (Å²) in [7, 11) is 1.96. The maximum absolute atomic E-state index is 6.23. The van der Waals surface area contributed by atoms with Gasteiger partial charge >= 0.3 is 0 Å². The van der Waals surface area contributed by atoms with E-state index in [0.717, 1.165) is 41.5 Å². The number of benzene rings is 1. The van der Waals surface area contributed by atoms with Crippen LogP contribution in [-0.4, -0.2) is 18.6 Å². The highest BCUT2D eigenvalue weighted by Crippen LogP contribution is 2.35. The number of fused-ring (bicyclic) bond motifs is 1. The Kier molecular flexibility index (Phi) is 4.13. The van der Waals surface area contributed by atoms with E-state index in [1.165, 1.54) is 11.1 Å². The summed E-state index contributed by atoms with van der Waals surface area (Å²) in [6.07, 6.45) is 3.61. The number of hydrogen-bond donors (Lipinski definition) is 1. The summed E-state index contributed by atoms with van der Waals surface area (Å²) < 4.78 is 5.78. The number of nitrogens with one attached hydrogen (secondary N) is 1. The summed E-state index contributed by atoms with van der Waals surface area (Å²) in [4.78, 5) is 4.49. The number of pyridine rings is 1. The maximum atomic E-state index is 6.23. The fourth-order valence-electron chi connectivity index (χ4n) is 2.82. The van der Waals surface area contributed by atoms with E-state index >= 15 is 0 Å². The molecule has 1 unspecified atom stereocenters. The lowest BCUT2D eigenvalue weighted by molar-refractivity contribution is 0.352. The first kappa shape index (κ1) is 14.4. The number of likely N-dealkylation sites (N-methyl/N-ethyl adjacent to an activating group) is 1. The third kappa shape index (κ3) is 3.04. The van der Waals surface area contributed by atoms with Crippen LogP contribution in [0.4, 0.5) is 0 Å². The first-order chi connectivity index (χ1) is 10.2. The van der Waals surface area contributed by atoms with Gasteiger partial charge in [-0.2, -0.15) is 0 Å². The number of hydrogen-bond acceptors (Lipinski definition) is 3. The molecule has 1 atom stereocenters. The molecule has 0 aliphatic carbocycles. The van der Waals surface area contributed by atoms with Crippen LogP contribution < -0.4 is 10.1 Å². The smallest absolute Gasteiger partial charge is 0.125 e. The second-order valence-corrected chi connectivity index (χ2v) is 5.89. The highest BCUT2D eigenvalue weighted by molar-refractivity contribution is 6.30. The maximum Gasteiger partial charge on any atom is 0.125 e. The molecule has 0 saturated carbocycles. The van der Waals surface area contributed by atoms with Crippen LogP contribution in [0, 0.1) is 6.92 Å². The second-order valence-electron chi connectivity index (χ2n) is 5.46. The molecule has 0 amide bonds. The molecule has 0 fully saturated rings. The van der Waals surface area contributed by atoms with Crippen molar-refractivity contribution in [2.75, 3.05) is 13.7 Å². The van der Waals surface area contributed by atoms with Crippen molar-refractivity contribution in [3.63, 3.8) is 0 Å². The van der Waals surface area contributed by atoms with E-state index in [-0.39, 0.29) is 6.04 Å². The summed E-state index contributed by atoms with van der Waals surface area (Å²) in [5.74, 6) is 1.01. The molecule has 21 heavy (non-hydrogen) atoms. The van der Waals surface area contributed by atoms with Gasteiger partial charge in [0, 0.05) is 17.6 Å². The monoisotopic (exact) mass is 302 g/mol. The zero-order valence-corrected chi connectivity index (χ0v) is 13.1. The van der Waals surface area contributed by atoms with Crippen molar-refractivity contribution in [3.8, 4) is 5.75 Å². The Hall–Kier alpha value is -1.58. The van der Waals surface area contributed by atoms with E-state index in [0.29, 0.717) is 0 Å². The number of ether oxygens (including phenoxy) is 1. The standard InChI is InChI=1S/C17H19ClN2O/c1-11-3-5-20-16(7-11)15(19-2)10-13-9-14(18)8-12-4-6-21-17(12)13/h3,5,7-9,15,19H,4,6,10H2,1-2H3. The van der Waals surface area contributed by atoms with Crippen LogP contribution >= 0.6 is 11.6 Å². The molecule has 1 aliphatic heterocycles. The molecule has 0 spiro atoms. The van der Waals surface area contributed by atoms with Crippen molar-refractivity contribution in [2.45, 2.75) is 25.8 Å². The molecular weight excluding hydrogens is 284 g/mol. The van der Waals surface area contributed by atoms with Gasteiger partial charge in [-0.15, -0.1) is 0 Å². The first-order valence-corrected chi connectivity index (χ1v) is 7.59. The summed E-state index contributed by atoms with van der Waals surface area (Å²) in [5, 5.41) is 4.12. The Morgan fingerprint density at radius 2 is 2.24 bits per heavy atom. The summed E-state index contributed by atoms with van der Waals surface area (Å²) in [6, 6.07) is 8.29. The van der Waals surface area contributed by atoms with Gasteiger partial charge in [-0.1, -0.05) is 11.6 Å². The highest BCUT2D eigenvalue weighted by Gasteiger charge is 2.21. The summed E-state index contributed by atoms with van der Waals surface area (Å²) >= 11 is 6.23. The average Bonchev–Trinajstić information content (AvgIpc) is 2.92. The third-order valence-electron chi connectivity index (χ3n) is 3.89. The molecular formula is C17H19ClN2O. The molecule has 3 nitrogen and oxygen atoms in total. The van der Waals surface area contributed by atoms with Crippen molar-refractivity contribution in [1.82, 2.24) is 10.3 Å². The van der Waals surface area contributed by atoms with Crippen molar-refractivity contribution >= 4 is 11.6 Å². The molecule has 1 aliphatic rings. The van der Waals surface area contributed by atoms with Gasteiger partial charge in [-0.25, -0.2) is 0 Å². The van der Waals surface area contributed by atoms with E-state index in [9.17, 15) is 0 Å². The van der Waals surface area contributed by atoms with Crippen molar-refractivity contribution in [1.29, 1.82) is 0 Å². The van der Waals surface area contributed by atoms with Crippen LogP contribution in [-0.2, 0) is 12.8 Å². The second kappa shape index (κ2) is 6.04. The van der Waals surface area contributed by atoms with Crippen LogP contribution in [0.2, 0.25) is 5.02 Å². The van der Waals surface area contributed by atoms with Gasteiger partial charge in [0.05, 0.1) is 18.3 Å². The minimum Gasteiger partial charge on any atom is -0.493 e. The van der Waals surface area contributed by atoms with Crippen molar-refractivity contribution in [2.24, 2.45) is 0 Å². The molecule has 3 rings (SSSR count). The van der Waals surface area contributed by atoms with Gasteiger partial charge in [0.15, 0.2) is 0 Å². The zero-order valence-electron chi connectivity index (χ0n) is 12.3. The van der Waals surface area contributed by atoms with E-state index < -0.39 is 0 Å². The van der Waals surface area contributed by atoms with Crippen molar-refractivity contribution in [3.05, 3.63) is 57.9 Å². The lowest BCUT2D eigenvalue weighted by Crippen LogP contribution is -2.20. The third-order valence-corrected chi connectivity index (χ3v) is 4.11. The molecule has 1 aromatic heterocycles. The molecule has 2 aromatic rings. The molecule has 0 radical (unpaired) electrons. The Bertz CT molecular complexity index is 657. The summed E-state index contributed by atoms with van der Waals surface area (Å²) in [5.41, 5.74) is 4.62. The normalized spacial score (nSPS) is 14.6. The van der Waals surface area contributed by atoms with Gasteiger partial charge in [0.2, 0.25) is 0 Å². The fourth-order valence-corrected chi connectivity index (χ4v) is 3.09. The Balaban J connectivity index is 1.91. The number of aryl methyl sites for hydroxylation is 1. The SMILES string of the molecule is CNC(Cc1cc(Cl)cc2c1OCC2)c1cc(C)ccn1. The van der Waals surface area contributed by atoms with Gasteiger partial charge in [0.1, 0.15) is 5.75 Å². The lowest BCUT2D eigenvalue weighted by Gasteiger charge is -2.18. The van der Waals surface area contributed by atoms with E-state index in [1.807, 2.05) is 31.4 Å². The van der Waals surface area contributed by atoms with Gasteiger partial charge in [-0.3, -0.25) is 4.98 Å². The number of nitrogens with zero attached hydrogens (tertiary/aromatic N) is 1. The topological polar surface area (TPSA) is 34.1 Å². The van der Waals surface area contributed by atoms with E-state index in [4.69, 9.17) is 16.3 Å². The number of rotatable bonds is 4. The first-order valence-electron chi connectivity index (χ1n) is 7.21. The zero-order chi connectivity index (χ0) is 14.8. The van der Waals surface area contributed by atoms with Crippen LogP contribution in [0.15, 0.2) is 30.5 Å². The minimum atomic E-state index is 0.150. The molecule has 2 heterocycles. The van der Waals surface area contributed by atoms with Crippen LogP contribution in [0.25, 0.3) is 0 Å². The van der Waals surface area contributed by atoms with Crippen LogP contribution in [0.5, 0.6) is 5.75 Å². The number of halogens is 1. The van der Waals surface area contributed by atoms with Gasteiger partial charge in [0.25, 0.3) is 0 Å². The predicted octanol–water partition coefficient (Wildman–Crippen LogP) is 3.48. The van der Waals surface area contributed by atoms with Crippen molar-refractivity contribution < 1.29 is 4.74 Å². The van der Waals surface area contributed by atoms with Crippen LogP contribution in [0.1, 0.15) is 28.4 Å². The minimum absolute atomic E-state index is 0.150. The van der Waals surface area contributed by atoms with Crippen LogP contribution in [0.3, 0.4) is 0 Å². The quantitative estimate of drug-likeness (QED) is 0.939. The Labute approximate surface area is 130 Å². The Morgan fingerprint density at radius 3 is 3.00 bits per heavy atom. The molecule has 4 heteroatoms. The van der Waals surface area contributed by atoms with E-state index in [1.54, 1.807) is 0 Å². The molecule has 0 bridgehead atoms. The van der Waals surface area contributed by atoms with Gasteiger partial charge < -0.3 is 10.1 Å². The lowest BCUT2D eigenvalue weighted by atomic mass is 9.99.